The van der Waals surface area contributed by atoms with E-state index in [-0.39, 0.29) is 20.8 Å². The highest BCUT2D eigenvalue weighted by atomic mass is 16.5. The molecule has 0 amide bonds. The van der Waals surface area contributed by atoms with Crippen molar-refractivity contribution in [3.63, 3.8) is 0 Å². The normalized spacial score (nSPS) is 10.7. The number of carbonyl (C=O) groups is 2. The standard InChI is InChI=1S/C14H28O3.C13H26O3.2CH4/c1-12(2)10-14(15)6-5-7-16-8-9-17-11-13(3)4;1-11(2)10-16-9-8-15-7-5-6-13(14)12(3)4;;/h12-13H,5-11H2,1-4H3;11-12H,5-10H2,1-4H3;2*1H4. The summed E-state index contributed by atoms with van der Waals surface area (Å²) in [5.74, 6) is 2.42. The molecule has 0 aliphatic rings. The van der Waals surface area contributed by atoms with Crippen LogP contribution in [0.5, 0.6) is 0 Å². The van der Waals surface area contributed by atoms with Crippen LogP contribution >= 0.6 is 0 Å². The van der Waals surface area contributed by atoms with E-state index < -0.39 is 0 Å². The lowest BCUT2D eigenvalue weighted by atomic mass is 10.0. The first-order chi connectivity index (χ1) is 15.6. The molecule has 0 atom stereocenters. The smallest absolute Gasteiger partial charge is 0.135 e. The van der Waals surface area contributed by atoms with Gasteiger partial charge in [-0.2, -0.15) is 0 Å². The molecule has 0 heterocycles. The minimum atomic E-state index is 0. The maximum atomic E-state index is 11.4. The van der Waals surface area contributed by atoms with Gasteiger partial charge in [-0.3, -0.25) is 9.59 Å². The average Bonchev–Trinajstić information content (AvgIpc) is 2.71. The first kappa shape index (κ1) is 41.3. The van der Waals surface area contributed by atoms with Gasteiger partial charge in [-0.05, 0) is 30.6 Å². The van der Waals surface area contributed by atoms with Crippen LogP contribution in [0.15, 0.2) is 0 Å². The van der Waals surface area contributed by atoms with Gasteiger partial charge in [-0.1, -0.05) is 70.2 Å². The van der Waals surface area contributed by atoms with Gasteiger partial charge in [-0.25, -0.2) is 0 Å². The lowest BCUT2D eigenvalue weighted by Gasteiger charge is -2.07. The van der Waals surface area contributed by atoms with Gasteiger partial charge in [0.1, 0.15) is 11.6 Å². The highest BCUT2D eigenvalue weighted by Gasteiger charge is 2.06. The van der Waals surface area contributed by atoms with Crippen LogP contribution in [0.1, 0.15) is 102 Å². The molecule has 0 radical (unpaired) electrons. The third kappa shape index (κ3) is 37.9. The van der Waals surface area contributed by atoms with Gasteiger partial charge in [-0.15, -0.1) is 0 Å². The summed E-state index contributed by atoms with van der Waals surface area (Å²) in [6.07, 6.45) is 3.62. The number of rotatable bonds is 21. The van der Waals surface area contributed by atoms with Gasteiger partial charge in [0.15, 0.2) is 0 Å². The summed E-state index contributed by atoms with van der Waals surface area (Å²) in [4.78, 5) is 22.7. The Bertz CT molecular complexity index is 446. The Morgan fingerprint density at radius 3 is 1.31 bits per heavy atom. The maximum Gasteiger partial charge on any atom is 0.135 e. The molecule has 35 heavy (non-hydrogen) atoms. The van der Waals surface area contributed by atoms with Crippen molar-refractivity contribution in [2.24, 2.45) is 23.7 Å². The van der Waals surface area contributed by atoms with E-state index in [4.69, 9.17) is 18.9 Å². The molecule has 0 spiro atoms. The van der Waals surface area contributed by atoms with E-state index >= 15 is 0 Å². The fourth-order valence-electron chi connectivity index (χ4n) is 2.64. The summed E-state index contributed by atoms with van der Waals surface area (Å²) in [7, 11) is 0. The average molecular weight is 507 g/mol. The van der Waals surface area contributed by atoms with Gasteiger partial charge in [0, 0.05) is 51.6 Å². The third-order valence-electron chi connectivity index (χ3n) is 4.38. The first-order valence-corrected chi connectivity index (χ1v) is 12.9. The van der Waals surface area contributed by atoms with E-state index in [0.29, 0.717) is 88.2 Å². The highest BCUT2D eigenvalue weighted by Crippen LogP contribution is 2.04. The molecular formula is C29H62O6. The number of hydrogen-bond donors (Lipinski definition) is 0. The molecule has 0 aromatic heterocycles. The molecule has 0 aliphatic carbocycles. The molecule has 0 aromatic carbocycles. The summed E-state index contributed by atoms with van der Waals surface area (Å²) in [6.45, 7) is 22.0. The Balaban J connectivity index is -0.000000260. The van der Waals surface area contributed by atoms with E-state index in [1.165, 1.54) is 0 Å². The van der Waals surface area contributed by atoms with Crippen molar-refractivity contribution in [3.8, 4) is 0 Å². The molecular weight excluding hydrogens is 444 g/mol. The summed E-state index contributed by atoms with van der Waals surface area (Å²) in [5.41, 5.74) is 0. The van der Waals surface area contributed by atoms with Crippen molar-refractivity contribution in [2.45, 2.75) is 102 Å². The lowest BCUT2D eigenvalue weighted by Crippen LogP contribution is -2.11. The van der Waals surface area contributed by atoms with Crippen LogP contribution in [0.3, 0.4) is 0 Å². The Labute approximate surface area is 219 Å². The van der Waals surface area contributed by atoms with Crippen molar-refractivity contribution >= 4 is 11.6 Å². The van der Waals surface area contributed by atoms with Crippen LogP contribution in [0.25, 0.3) is 0 Å². The Morgan fingerprint density at radius 2 is 0.943 bits per heavy atom. The molecule has 0 fully saturated rings. The second kappa shape index (κ2) is 29.4. The zero-order valence-corrected chi connectivity index (χ0v) is 23.0. The molecule has 0 aliphatic heterocycles. The fourth-order valence-corrected chi connectivity index (χ4v) is 2.64. The van der Waals surface area contributed by atoms with Gasteiger partial charge < -0.3 is 18.9 Å². The number of ketones is 2. The van der Waals surface area contributed by atoms with Crippen molar-refractivity contribution in [1.29, 1.82) is 0 Å². The Kier molecular flexibility index (Phi) is 34.7. The van der Waals surface area contributed by atoms with E-state index in [1.807, 2.05) is 13.8 Å². The maximum absolute atomic E-state index is 11.4. The fraction of sp³-hybridized carbons (Fsp3) is 0.931. The largest absolute Gasteiger partial charge is 0.379 e. The molecule has 0 bridgehead atoms. The molecule has 6 nitrogen and oxygen atoms in total. The van der Waals surface area contributed by atoms with Crippen LogP contribution in [-0.2, 0) is 28.5 Å². The topological polar surface area (TPSA) is 71.1 Å². The van der Waals surface area contributed by atoms with E-state index in [1.54, 1.807) is 0 Å². The first-order valence-electron chi connectivity index (χ1n) is 12.9. The molecule has 0 N–H and O–H groups in total. The molecule has 0 rings (SSSR count). The van der Waals surface area contributed by atoms with Gasteiger partial charge in [0.05, 0.1) is 26.4 Å². The quantitative estimate of drug-likeness (QED) is 0.156. The summed E-state index contributed by atoms with van der Waals surface area (Å²) >= 11 is 0. The molecule has 214 valence electrons. The number of Topliss-reactive ketones (excluding diaryl/α,β-unsaturated/α-hetero) is 2. The van der Waals surface area contributed by atoms with E-state index in [2.05, 4.69) is 41.5 Å². The monoisotopic (exact) mass is 506 g/mol. The minimum absolute atomic E-state index is 0. The third-order valence-corrected chi connectivity index (χ3v) is 4.38. The predicted molar refractivity (Wildman–Crippen MR) is 149 cm³/mol. The number of hydrogen-bond acceptors (Lipinski definition) is 6. The molecule has 0 saturated heterocycles. The van der Waals surface area contributed by atoms with Gasteiger partial charge in [0.25, 0.3) is 0 Å². The van der Waals surface area contributed by atoms with Crippen molar-refractivity contribution in [1.82, 2.24) is 0 Å². The van der Waals surface area contributed by atoms with Crippen LogP contribution in [0.2, 0.25) is 0 Å². The summed E-state index contributed by atoms with van der Waals surface area (Å²) in [5, 5.41) is 0. The summed E-state index contributed by atoms with van der Waals surface area (Å²) in [6, 6.07) is 0. The van der Waals surface area contributed by atoms with Gasteiger partial charge in [0.2, 0.25) is 0 Å². The van der Waals surface area contributed by atoms with Crippen LogP contribution in [0, 0.1) is 23.7 Å². The second-order valence-electron chi connectivity index (χ2n) is 10.1. The number of ether oxygens (including phenoxy) is 4. The molecule has 0 aromatic rings. The summed E-state index contributed by atoms with van der Waals surface area (Å²) < 4.78 is 21.5. The zero-order valence-electron chi connectivity index (χ0n) is 23.0. The molecule has 0 unspecified atom stereocenters. The molecule has 6 heteroatoms. The van der Waals surface area contributed by atoms with Crippen LogP contribution in [-0.4, -0.2) is 64.4 Å². The Morgan fingerprint density at radius 1 is 0.543 bits per heavy atom. The minimum Gasteiger partial charge on any atom is -0.379 e. The van der Waals surface area contributed by atoms with Crippen molar-refractivity contribution < 1.29 is 28.5 Å². The zero-order chi connectivity index (χ0) is 25.5. The SMILES string of the molecule is C.C.CC(C)COCCOCCCC(=O)C(C)C.CC(C)COCCOCCCC(=O)CC(C)C. The second-order valence-corrected chi connectivity index (χ2v) is 10.1. The van der Waals surface area contributed by atoms with Crippen molar-refractivity contribution in [2.75, 3.05) is 52.9 Å². The van der Waals surface area contributed by atoms with E-state index in [9.17, 15) is 9.59 Å². The highest BCUT2D eigenvalue weighted by molar-refractivity contribution is 5.80. The van der Waals surface area contributed by atoms with Gasteiger partial charge >= 0.3 is 0 Å². The van der Waals surface area contributed by atoms with E-state index in [0.717, 1.165) is 26.1 Å². The number of carbonyl (C=O) groups excluding carboxylic acids is 2. The van der Waals surface area contributed by atoms with Crippen LogP contribution in [0.4, 0.5) is 0 Å². The van der Waals surface area contributed by atoms with Crippen molar-refractivity contribution in [3.05, 3.63) is 0 Å². The van der Waals surface area contributed by atoms with Crippen LogP contribution < -0.4 is 0 Å². The Hall–Kier alpha value is -0.820. The predicted octanol–water partition coefficient (Wildman–Crippen LogP) is 7.02. The molecule has 0 saturated carbocycles. The lowest BCUT2D eigenvalue weighted by molar-refractivity contribution is -0.122.